The first-order chi connectivity index (χ1) is 11.8. The Hall–Kier alpha value is -1.76. The first-order valence-electron chi connectivity index (χ1n) is 8.61. The second-order valence-electron chi connectivity index (χ2n) is 6.12. The molecule has 2 N–H and O–H groups in total. The predicted octanol–water partition coefficient (Wildman–Crippen LogP) is 4.46. The van der Waals surface area contributed by atoms with Gasteiger partial charge in [-0.25, -0.2) is 0 Å². The number of benzene rings is 1. The molecule has 1 aliphatic rings. The minimum atomic E-state index is 0. The maximum absolute atomic E-state index is 5.38. The molecule has 0 aliphatic heterocycles. The third-order valence-electron chi connectivity index (χ3n) is 4.21. The van der Waals surface area contributed by atoms with Gasteiger partial charge in [-0.15, -0.1) is 24.0 Å². The Bertz CT molecular complexity index is 660. The molecule has 0 radical (unpaired) electrons. The zero-order valence-corrected chi connectivity index (χ0v) is 16.9. The van der Waals surface area contributed by atoms with Crippen LogP contribution in [0.3, 0.4) is 0 Å². The van der Waals surface area contributed by atoms with E-state index in [-0.39, 0.29) is 30.0 Å². The molecule has 0 spiro atoms. The zero-order valence-electron chi connectivity index (χ0n) is 14.5. The molecule has 5 heteroatoms. The number of aliphatic imine (C=N–C) groups is 1. The monoisotopic (exact) mass is 451 g/mol. The van der Waals surface area contributed by atoms with Gasteiger partial charge in [0.2, 0.25) is 0 Å². The fourth-order valence-corrected chi connectivity index (χ4v) is 2.82. The van der Waals surface area contributed by atoms with Crippen LogP contribution in [0.1, 0.15) is 37.1 Å². The van der Waals surface area contributed by atoms with E-state index in [9.17, 15) is 0 Å². The normalized spacial score (nSPS) is 15.6. The van der Waals surface area contributed by atoms with Crippen LogP contribution in [0, 0.1) is 0 Å². The maximum atomic E-state index is 5.38. The van der Waals surface area contributed by atoms with Crippen molar-refractivity contribution >= 4 is 29.9 Å². The average molecular weight is 451 g/mol. The third kappa shape index (κ3) is 6.23. The van der Waals surface area contributed by atoms with E-state index in [0.717, 1.165) is 31.0 Å². The lowest BCUT2D eigenvalue weighted by Crippen LogP contribution is -2.43. The van der Waals surface area contributed by atoms with Crippen LogP contribution in [0.25, 0.3) is 0 Å². The molecule has 25 heavy (non-hydrogen) atoms. The van der Waals surface area contributed by atoms with Gasteiger partial charge in [-0.2, -0.15) is 0 Å². The van der Waals surface area contributed by atoms with Crippen LogP contribution in [-0.2, 0) is 6.42 Å². The highest BCUT2D eigenvalue weighted by Gasteiger charge is 2.14. The molecule has 1 aliphatic carbocycles. The van der Waals surface area contributed by atoms with E-state index in [1.165, 1.54) is 5.56 Å². The number of furan rings is 1. The van der Waals surface area contributed by atoms with Crippen LogP contribution in [-0.4, -0.2) is 18.5 Å². The van der Waals surface area contributed by atoms with Gasteiger partial charge in [-0.05, 0) is 37.5 Å². The van der Waals surface area contributed by atoms with E-state index >= 15 is 0 Å². The molecule has 0 bridgehead atoms. The summed E-state index contributed by atoms with van der Waals surface area (Å²) >= 11 is 0. The number of hydrogen-bond acceptors (Lipinski definition) is 2. The molecule has 4 nitrogen and oxygen atoms in total. The Morgan fingerprint density at radius 3 is 2.60 bits per heavy atom. The quantitative estimate of drug-likeness (QED) is 0.295. The van der Waals surface area contributed by atoms with Gasteiger partial charge in [0.15, 0.2) is 5.96 Å². The summed E-state index contributed by atoms with van der Waals surface area (Å²) in [5.74, 6) is 1.84. The highest BCUT2D eigenvalue weighted by atomic mass is 127. The molecular weight excluding hydrogens is 425 g/mol. The van der Waals surface area contributed by atoms with Crippen LogP contribution in [0.5, 0.6) is 0 Å². The summed E-state index contributed by atoms with van der Waals surface area (Å²) in [7, 11) is 0. The van der Waals surface area contributed by atoms with Crippen LogP contribution in [0.15, 0.2) is 70.3 Å². The lowest BCUT2D eigenvalue weighted by molar-refractivity contribution is 0.510. The number of rotatable bonds is 6. The lowest BCUT2D eigenvalue weighted by Gasteiger charge is -2.21. The van der Waals surface area contributed by atoms with Crippen molar-refractivity contribution < 1.29 is 4.42 Å². The van der Waals surface area contributed by atoms with Crippen LogP contribution < -0.4 is 10.6 Å². The van der Waals surface area contributed by atoms with E-state index in [2.05, 4.69) is 54.0 Å². The summed E-state index contributed by atoms with van der Waals surface area (Å²) in [5.41, 5.74) is 1.25. The van der Waals surface area contributed by atoms with Gasteiger partial charge in [0.05, 0.1) is 12.3 Å². The maximum Gasteiger partial charge on any atom is 0.191 e. The Labute approximate surface area is 166 Å². The van der Waals surface area contributed by atoms with Crippen molar-refractivity contribution in [3.05, 3.63) is 72.2 Å². The molecule has 2 aromatic rings. The highest BCUT2D eigenvalue weighted by Crippen LogP contribution is 2.13. The summed E-state index contributed by atoms with van der Waals surface area (Å²) in [6.07, 6.45) is 9.06. The summed E-state index contributed by atoms with van der Waals surface area (Å²) in [5, 5.41) is 7.06. The molecular formula is C20H26IN3O. The summed E-state index contributed by atoms with van der Waals surface area (Å²) < 4.78 is 5.38. The predicted molar refractivity (Wildman–Crippen MR) is 113 cm³/mol. The molecule has 1 aromatic heterocycles. The second-order valence-corrected chi connectivity index (χ2v) is 6.12. The van der Waals surface area contributed by atoms with Crippen molar-refractivity contribution in [3.63, 3.8) is 0 Å². The average Bonchev–Trinajstić information content (AvgIpc) is 3.29. The molecule has 0 fully saturated rings. The molecule has 1 unspecified atom stereocenters. The van der Waals surface area contributed by atoms with E-state index in [4.69, 9.17) is 9.41 Å². The summed E-state index contributed by atoms with van der Waals surface area (Å²) in [6.45, 7) is 2.86. The smallest absolute Gasteiger partial charge is 0.191 e. The molecule has 1 aromatic carbocycles. The third-order valence-corrected chi connectivity index (χ3v) is 4.21. The first kappa shape index (κ1) is 19.6. The van der Waals surface area contributed by atoms with Gasteiger partial charge in [0, 0.05) is 19.0 Å². The second kappa shape index (κ2) is 10.3. The fraction of sp³-hybridized carbons (Fsp3) is 0.350. The van der Waals surface area contributed by atoms with Crippen molar-refractivity contribution in [1.29, 1.82) is 0 Å². The van der Waals surface area contributed by atoms with Crippen LogP contribution >= 0.6 is 24.0 Å². The van der Waals surface area contributed by atoms with Gasteiger partial charge in [-0.1, -0.05) is 42.5 Å². The SMILES string of the molecule is CC(NC(=NCCc1ccco1)NC1CC=CC1)c1ccccc1.I. The summed E-state index contributed by atoms with van der Waals surface area (Å²) in [4.78, 5) is 4.73. The van der Waals surface area contributed by atoms with Crippen LogP contribution in [0.4, 0.5) is 0 Å². The topological polar surface area (TPSA) is 49.6 Å². The standard InChI is InChI=1S/C20H25N3O.HI/c1-16(17-8-3-2-4-9-17)22-20(23-18-10-5-6-11-18)21-14-13-19-12-7-15-24-19;/h2-9,12,15-16,18H,10-11,13-14H2,1H3,(H2,21,22,23);1H. The van der Waals surface area contributed by atoms with Crippen molar-refractivity contribution in [2.75, 3.05) is 6.54 Å². The zero-order chi connectivity index (χ0) is 16.6. The van der Waals surface area contributed by atoms with Crippen molar-refractivity contribution in [3.8, 4) is 0 Å². The van der Waals surface area contributed by atoms with Gasteiger partial charge in [0.25, 0.3) is 0 Å². The highest BCUT2D eigenvalue weighted by molar-refractivity contribution is 14.0. The lowest BCUT2D eigenvalue weighted by atomic mass is 10.1. The minimum Gasteiger partial charge on any atom is -0.469 e. The fourth-order valence-electron chi connectivity index (χ4n) is 2.82. The van der Waals surface area contributed by atoms with Gasteiger partial charge in [-0.3, -0.25) is 4.99 Å². The first-order valence-corrected chi connectivity index (χ1v) is 8.61. The van der Waals surface area contributed by atoms with Gasteiger partial charge in [0.1, 0.15) is 5.76 Å². The van der Waals surface area contributed by atoms with Crippen molar-refractivity contribution in [2.24, 2.45) is 4.99 Å². The molecule has 1 atom stereocenters. The molecule has 134 valence electrons. The number of guanidine groups is 1. The van der Waals surface area contributed by atoms with Crippen molar-refractivity contribution in [2.45, 2.75) is 38.3 Å². The van der Waals surface area contributed by atoms with Crippen LogP contribution in [0.2, 0.25) is 0 Å². The Morgan fingerprint density at radius 2 is 1.92 bits per heavy atom. The minimum absolute atomic E-state index is 0. The summed E-state index contributed by atoms with van der Waals surface area (Å²) in [6, 6.07) is 15.0. The Morgan fingerprint density at radius 1 is 1.16 bits per heavy atom. The molecule has 3 rings (SSSR count). The van der Waals surface area contributed by atoms with Crippen molar-refractivity contribution in [1.82, 2.24) is 10.6 Å². The van der Waals surface area contributed by atoms with E-state index < -0.39 is 0 Å². The van der Waals surface area contributed by atoms with E-state index in [1.807, 2.05) is 18.2 Å². The molecule has 0 amide bonds. The molecule has 0 saturated heterocycles. The number of nitrogens with zero attached hydrogens (tertiary/aromatic N) is 1. The van der Waals surface area contributed by atoms with Gasteiger partial charge >= 0.3 is 0 Å². The van der Waals surface area contributed by atoms with Gasteiger partial charge < -0.3 is 15.1 Å². The molecule has 0 saturated carbocycles. The van der Waals surface area contributed by atoms with E-state index in [0.29, 0.717) is 12.6 Å². The number of halogens is 1. The number of hydrogen-bond donors (Lipinski definition) is 2. The Kier molecular flexibility index (Phi) is 8.04. The number of nitrogens with one attached hydrogen (secondary N) is 2. The Balaban J connectivity index is 0.00000225. The largest absolute Gasteiger partial charge is 0.469 e. The molecule has 1 heterocycles. The van der Waals surface area contributed by atoms with E-state index in [1.54, 1.807) is 6.26 Å².